The highest BCUT2D eigenvalue weighted by molar-refractivity contribution is 5.49. The van der Waals surface area contributed by atoms with E-state index in [-0.39, 0.29) is 12.5 Å². The van der Waals surface area contributed by atoms with E-state index >= 15 is 0 Å². The van der Waals surface area contributed by atoms with Crippen LogP contribution in [-0.4, -0.2) is 37.3 Å². The lowest BCUT2D eigenvalue weighted by atomic mass is 9.82. The SMILES string of the molecule is CN(C)CCC=C1C2=C(C=CC1CCO)OCc1ccccc1C2. The average molecular weight is 325 g/mol. The van der Waals surface area contributed by atoms with Crippen LogP contribution in [0.25, 0.3) is 0 Å². The molecule has 3 heteroatoms. The number of ether oxygens (including phenoxy) is 1. The summed E-state index contributed by atoms with van der Waals surface area (Å²) in [6.07, 6.45) is 9.32. The van der Waals surface area contributed by atoms with Gasteiger partial charge in [-0.3, -0.25) is 0 Å². The van der Waals surface area contributed by atoms with Crippen LogP contribution >= 0.6 is 0 Å². The largest absolute Gasteiger partial charge is 0.489 e. The van der Waals surface area contributed by atoms with Gasteiger partial charge in [-0.25, -0.2) is 0 Å². The summed E-state index contributed by atoms with van der Waals surface area (Å²) < 4.78 is 6.10. The first-order valence-corrected chi connectivity index (χ1v) is 8.76. The monoisotopic (exact) mass is 325 g/mol. The van der Waals surface area contributed by atoms with Gasteiger partial charge in [0.05, 0.1) is 0 Å². The molecule has 3 rings (SSSR count). The number of benzene rings is 1. The smallest absolute Gasteiger partial charge is 0.123 e. The molecule has 1 atom stereocenters. The highest BCUT2D eigenvalue weighted by Crippen LogP contribution is 2.37. The van der Waals surface area contributed by atoms with Gasteiger partial charge in [0.15, 0.2) is 0 Å². The fraction of sp³-hybridized carbons (Fsp3) is 0.429. The van der Waals surface area contributed by atoms with E-state index in [1.165, 1.54) is 22.3 Å². The summed E-state index contributed by atoms with van der Waals surface area (Å²) >= 11 is 0. The molecule has 3 nitrogen and oxygen atoms in total. The fourth-order valence-electron chi connectivity index (χ4n) is 3.46. The highest BCUT2D eigenvalue weighted by Gasteiger charge is 2.25. The van der Waals surface area contributed by atoms with Crippen molar-refractivity contribution >= 4 is 0 Å². The van der Waals surface area contributed by atoms with Gasteiger partial charge in [-0.1, -0.05) is 36.4 Å². The zero-order chi connectivity index (χ0) is 16.9. The van der Waals surface area contributed by atoms with Crippen molar-refractivity contribution in [2.45, 2.75) is 25.9 Å². The normalized spacial score (nSPS) is 21.5. The first-order valence-electron chi connectivity index (χ1n) is 8.76. The van der Waals surface area contributed by atoms with Crippen molar-refractivity contribution in [1.82, 2.24) is 4.90 Å². The maximum Gasteiger partial charge on any atom is 0.123 e. The minimum absolute atomic E-state index is 0.208. The van der Waals surface area contributed by atoms with Crippen molar-refractivity contribution in [1.29, 1.82) is 0 Å². The first-order chi connectivity index (χ1) is 11.7. The summed E-state index contributed by atoms with van der Waals surface area (Å²) in [6.45, 7) is 1.87. The Morgan fingerprint density at radius 1 is 1.25 bits per heavy atom. The number of hydrogen-bond donors (Lipinski definition) is 1. The third kappa shape index (κ3) is 3.80. The van der Waals surface area contributed by atoms with Gasteiger partial charge in [-0.15, -0.1) is 0 Å². The molecule has 24 heavy (non-hydrogen) atoms. The van der Waals surface area contributed by atoms with Gasteiger partial charge in [0, 0.05) is 31.1 Å². The molecule has 1 unspecified atom stereocenters. The molecule has 0 saturated heterocycles. The minimum Gasteiger partial charge on any atom is -0.489 e. The molecule has 0 spiro atoms. The molecule has 0 amide bonds. The molecule has 0 bridgehead atoms. The number of nitrogens with zero attached hydrogens (tertiary/aromatic N) is 1. The quantitative estimate of drug-likeness (QED) is 0.900. The molecule has 0 aromatic heterocycles. The third-order valence-corrected chi connectivity index (χ3v) is 4.77. The molecule has 1 aromatic carbocycles. The van der Waals surface area contributed by atoms with Crippen molar-refractivity contribution in [3.63, 3.8) is 0 Å². The molecular weight excluding hydrogens is 298 g/mol. The van der Waals surface area contributed by atoms with Crippen molar-refractivity contribution in [2.75, 3.05) is 27.2 Å². The number of hydrogen-bond acceptors (Lipinski definition) is 3. The van der Waals surface area contributed by atoms with E-state index in [4.69, 9.17) is 4.74 Å². The van der Waals surface area contributed by atoms with Crippen LogP contribution in [-0.2, 0) is 17.8 Å². The van der Waals surface area contributed by atoms with Crippen LogP contribution in [0.3, 0.4) is 0 Å². The summed E-state index contributed by atoms with van der Waals surface area (Å²) in [5.41, 5.74) is 5.24. The van der Waals surface area contributed by atoms with Crippen LogP contribution in [0.4, 0.5) is 0 Å². The second-order valence-electron chi connectivity index (χ2n) is 6.81. The lowest BCUT2D eigenvalue weighted by Crippen LogP contribution is -2.15. The summed E-state index contributed by atoms with van der Waals surface area (Å²) in [5, 5.41) is 9.44. The molecule has 1 aliphatic heterocycles. The Bertz CT molecular complexity index is 670. The van der Waals surface area contributed by atoms with Crippen molar-refractivity contribution < 1.29 is 9.84 Å². The van der Waals surface area contributed by atoms with E-state index < -0.39 is 0 Å². The van der Waals surface area contributed by atoms with E-state index in [0.29, 0.717) is 6.61 Å². The standard InChI is InChI=1S/C21H27NO2/c1-22(2)12-5-8-19-16(11-13-23)9-10-21-20(19)14-17-6-3-4-7-18(17)15-24-21/h3-4,6-10,16,23H,5,11-15H2,1-2H3. The van der Waals surface area contributed by atoms with Gasteiger partial charge in [0.25, 0.3) is 0 Å². The zero-order valence-electron chi connectivity index (χ0n) is 14.7. The molecule has 0 saturated carbocycles. The van der Waals surface area contributed by atoms with E-state index in [9.17, 15) is 5.11 Å². The van der Waals surface area contributed by atoms with Gasteiger partial charge in [-0.05, 0) is 49.7 Å². The predicted octanol–water partition coefficient (Wildman–Crippen LogP) is 3.46. The minimum atomic E-state index is 0.208. The number of rotatable bonds is 5. The number of fused-ring (bicyclic) bond motifs is 1. The van der Waals surface area contributed by atoms with Gasteiger partial charge < -0.3 is 14.7 Å². The molecule has 128 valence electrons. The molecule has 2 aliphatic rings. The lowest BCUT2D eigenvalue weighted by molar-refractivity contribution is 0.208. The van der Waals surface area contributed by atoms with Crippen LogP contribution < -0.4 is 0 Å². The lowest BCUT2D eigenvalue weighted by Gasteiger charge is -2.25. The fourth-order valence-corrected chi connectivity index (χ4v) is 3.46. The number of aliphatic hydroxyl groups excluding tert-OH is 1. The Morgan fingerprint density at radius 3 is 2.79 bits per heavy atom. The Hall–Kier alpha value is -1.84. The molecule has 1 aromatic rings. The summed E-state index contributed by atoms with van der Waals surface area (Å²) in [4.78, 5) is 2.20. The van der Waals surface area contributed by atoms with Crippen LogP contribution in [0.2, 0.25) is 0 Å². The van der Waals surface area contributed by atoms with Crippen molar-refractivity contribution in [3.05, 3.63) is 70.5 Å². The van der Waals surface area contributed by atoms with Gasteiger partial charge in [0.2, 0.25) is 0 Å². The first kappa shape index (κ1) is 17.0. The average Bonchev–Trinajstić information content (AvgIpc) is 2.76. The van der Waals surface area contributed by atoms with Crippen LogP contribution in [0, 0.1) is 5.92 Å². The number of allylic oxidation sites excluding steroid dienone is 4. The molecule has 0 radical (unpaired) electrons. The maximum atomic E-state index is 9.44. The maximum absolute atomic E-state index is 9.44. The predicted molar refractivity (Wildman–Crippen MR) is 97.5 cm³/mol. The Balaban J connectivity index is 1.92. The van der Waals surface area contributed by atoms with Crippen LogP contribution in [0.15, 0.2) is 59.4 Å². The second kappa shape index (κ2) is 7.82. The van der Waals surface area contributed by atoms with E-state index in [2.05, 4.69) is 61.5 Å². The molecule has 1 N–H and O–H groups in total. The highest BCUT2D eigenvalue weighted by atomic mass is 16.5. The molecular formula is C21H27NO2. The Kier molecular flexibility index (Phi) is 5.54. The Morgan fingerprint density at radius 2 is 2.04 bits per heavy atom. The van der Waals surface area contributed by atoms with Gasteiger partial charge in [0.1, 0.15) is 12.4 Å². The van der Waals surface area contributed by atoms with E-state index in [0.717, 1.165) is 31.6 Å². The van der Waals surface area contributed by atoms with Crippen LogP contribution in [0.1, 0.15) is 24.0 Å². The summed E-state index contributed by atoms with van der Waals surface area (Å²) in [7, 11) is 4.19. The van der Waals surface area contributed by atoms with E-state index in [1.807, 2.05) is 0 Å². The molecule has 1 heterocycles. The van der Waals surface area contributed by atoms with Gasteiger partial charge >= 0.3 is 0 Å². The zero-order valence-corrected chi connectivity index (χ0v) is 14.7. The van der Waals surface area contributed by atoms with Crippen molar-refractivity contribution in [2.24, 2.45) is 5.92 Å². The number of aliphatic hydroxyl groups is 1. The van der Waals surface area contributed by atoms with Crippen LogP contribution in [0.5, 0.6) is 0 Å². The summed E-state index contributed by atoms with van der Waals surface area (Å²) in [6, 6.07) is 8.53. The topological polar surface area (TPSA) is 32.7 Å². The van der Waals surface area contributed by atoms with Gasteiger partial charge in [-0.2, -0.15) is 0 Å². The second-order valence-corrected chi connectivity index (χ2v) is 6.81. The molecule has 0 fully saturated rings. The Labute approximate surface area is 144 Å². The molecule has 1 aliphatic carbocycles. The third-order valence-electron chi connectivity index (χ3n) is 4.77. The van der Waals surface area contributed by atoms with Crippen molar-refractivity contribution in [3.8, 4) is 0 Å². The summed E-state index contributed by atoms with van der Waals surface area (Å²) in [5.74, 6) is 1.28. The van der Waals surface area contributed by atoms with E-state index in [1.54, 1.807) is 0 Å².